The fourth-order valence-corrected chi connectivity index (χ4v) is 12.8. The Morgan fingerprint density at radius 2 is 1.13 bits per heavy atom. The molecule has 1 saturated carbocycles. The van der Waals surface area contributed by atoms with E-state index in [4.69, 9.17) is 0 Å². The van der Waals surface area contributed by atoms with Gasteiger partial charge in [0.05, 0.1) is 6.04 Å². The van der Waals surface area contributed by atoms with E-state index in [-0.39, 0.29) is 11.5 Å². The quantitative estimate of drug-likeness (QED) is 0.164. The van der Waals surface area contributed by atoms with Crippen LogP contribution in [0.2, 0.25) is 0 Å². The average molecular weight is 819 g/mol. The van der Waals surface area contributed by atoms with E-state index in [1.54, 1.807) is 11.1 Å². The average Bonchev–Trinajstić information content (AvgIpc) is 3.88. The first-order valence-electron chi connectivity index (χ1n) is 24.2. The van der Waals surface area contributed by atoms with Crippen molar-refractivity contribution in [1.82, 2.24) is 0 Å². The zero-order valence-corrected chi connectivity index (χ0v) is 36.8. The van der Waals surface area contributed by atoms with E-state index in [0.29, 0.717) is 5.92 Å². The minimum atomic E-state index is 0.102. The van der Waals surface area contributed by atoms with E-state index < -0.39 is 0 Å². The fourth-order valence-electron chi connectivity index (χ4n) is 12.8. The van der Waals surface area contributed by atoms with E-state index in [1.807, 2.05) is 0 Å². The van der Waals surface area contributed by atoms with Crippen LogP contribution in [-0.2, 0) is 24.7 Å². The van der Waals surface area contributed by atoms with Crippen LogP contribution in [0, 0.1) is 5.92 Å². The van der Waals surface area contributed by atoms with Gasteiger partial charge in [-0.3, -0.25) is 0 Å². The molecule has 0 radical (unpaired) electrons. The van der Waals surface area contributed by atoms with Crippen molar-refractivity contribution in [3.8, 4) is 11.1 Å². The van der Waals surface area contributed by atoms with Crippen LogP contribution in [0.1, 0.15) is 115 Å². The Kier molecular flexibility index (Phi) is 9.73. The Bertz CT molecular complexity index is 2830. The number of nitrogens with zero attached hydrogens (tertiary/aromatic N) is 2. The Labute approximate surface area is 375 Å². The molecule has 0 N–H and O–H groups in total. The van der Waals surface area contributed by atoms with Gasteiger partial charge in [-0.05, 0) is 154 Å². The first-order valence-corrected chi connectivity index (χ1v) is 24.2. The van der Waals surface area contributed by atoms with Gasteiger partial charge >= 0.3 is 0 Å². The molecular weight excluding hydrogens is 761 g/mol. The highest BCUT2D eigenvalue weighted by Crippen LogP contribution is 2.60. The molecule has 1 fully saturated rings. The number of aryl methyl sites for hydroxylation is 3. The molecule has 6 aliphatic rings. The second-order valence-corrected chi connectivity index (χ2v) is 19.3. The first kappa shape index (κ1) is 38.5. The van der Waals surface area contributed by atoms with Gasteiger partial charge in [-0.1, -0.05) is 166 Å². The maximum atomic E-state index is 2.64. The Balaban J connectivity index is 0.849. The van der Waals surface area contributed by atoms with Crippen LogP contribution < -0.4 is 9.80 Å². The first-order chi connectivity index (χ1) is 31.1. The predicted octanol–water partition coefficient (Wildman–Crippen LogP) is 15.7. The van der Waals surface area contributed by atoms with E-state index in [0.717, 1.165) is 19.4 Å². The number of hydrogen-bond acceptors (Lipinski definition) is 2. The van der Waals surface area contributed by atoms with Crippen molar-refractivity contribution < 1.29 is 0 Å². The van der Waals surface area contributed by atoms with Crippen molar-refractivity contribution in [3.05, 3.63) is 195 Å². The molecule has 6 aromatic rings. The maximum absolute atomic E-state index is 2.64. The van der Waals surface area contributed by atoms with Crippen LogP contribution in [0.4, 0.5) is 22.7 Å². The van der Waals surface area contributed by atoms with Gasteiger partial charge in [0.2, 0.25) is 0 Å². The summed E-state index contributed by atoms with van der Waals surface area (Å²) in [6.07, 6.45) is 29.2. The van der Waals surface area contributed by atoms with Gasteiger partial charge in [-0.2, -0.15) is 0 Å². The summed E-state index contributed by atoms with van der Waals surface area (Å²) in [7, 11) is 0. The standard InChI is InChI=1S/C61H58N2/c1-42-56(63-58-22-10-7-16-46(58)28-29-47-17-8-11-23-59(47)63)35-34-54-53-32-27-44(40-55(53)61(60(42)54)36-12-13-37-61)25-24-43-26-31-51-48(39-43)18-4-2-3-5-19-49-41-50(30-33-52(49)51)62-38-14-20-45-15-6-9-21-57(45)62/h6-11,15-17,21-35,39-42,56H,2-5,12-14,18-20,36-38H2,1H3. The molecule has 312 valence electrons. The van der Waals surface area contributed by atoms with Gasteiger partial charge in [0.1, 0.15) is 0 Å². The van der Waals surface area contributed by atoms with Gasteiger partial charge < -0.3 is 9.80 Å². The normalized spacial score (nSPS) is 20.7. The zero-order chi connectivity index (χ0) is 41.9. The SMILES string of the molecule is CC1C2=C(C=CC1N1c3ccccc3C=Cc3ccccc31)c1ccc(C=Cc3ccc4c(c3)CCCCCCc3cc(N5CCCc6ccccc65)ccc3-4)cc1C21CCCC1. The molecule has 0 aromatic heterocycles. The Morgan fingerprint density at radius 1 is 0.524 bits per heavy atom. The molecule has 1 spiro atoms. The molecule has 4 aliphatic carbocycles. The van der Waals surface area contributed by atoms with Crippen molar-refractivity contribution in [3.63, 3.8) is 0 Å². The van der Waals surface area contributed by atoms with Crippen molar-refractivity contribution in [1.29, 1.82) is 0 Å². The van der Waals surface area contributed by atoms with Crippen LogP contribution >= 0.6 is 0 Å². The van der Waals surface area contributed by atoms with Gasteiger partial charge in [-0.15, -0.1) is 0 Å². The summed E-state index contributed by atoms with van der Waals surface area (Å²) < 4.78 is 0. The minimum Gasteiger partial charge on any atom is -0.341 e. The van der Waals surface area contributed by atoms with E-state index in [2.05, 4.69) is 181 Å². The van der Waals surface area contributed by atoms with E-state index in [9.17, 15) is 0 Å². The highest BCUT2D eigenvalue weighted by molar-refractivity contribution is 5.92. The summed E-state index contributed by atoms with van der Waals surface area (Å²) >= 11 is 0. The van der Waals surface area contributed by atoms with Gasteiger partial charge in [0.25, 0.3) is 0 Å². The van der Waals surface area contributed by atoms with Gasteiger partial charge in [0, 0.05) is 40.6 Å². The number of hydrogen-bond donors (Lipinski definition) is 0. The van der Waals surface area contributed by atoms with Crippen LogP contribution in [-0.4, -0.2) is 12.6 Å². The van der Waals surface area contributed by atoms with Gasteiger partial charge in [0.15, 0.2) is 0 Å². The molecule has 12 rings (SSSR count). The van der Waals surface area contributed by atoms with Crippen molar-refractivity contribution in [2.24, 2.45) is 5.92 Å². The molecule has 63 heavy (non-hydrogen) atoms. The Morgan fingerprint density at radius 3 is 1.86 bits per heavy atom. The molecule has 2 nitrogen and oxygen atoms in total. The summed E-state index contributed by atoms with van der Waals surface area (Å²) in [4.78, 5) is 5.21. The van der Waals surface area contributed by atoms with E-state index in [1.165, 1.54) is 148 Å². The summed E-state index contributed by atoms with van der Waals surface area (Å²) in [5.41, 5.74) is 24.1. The number of anilines is 4. The number of rotatable bonds is 4. The third-order valence-electron chi connectivity index (χ3n) is 15.7. The van der Waals surface area contributed by atoms with Crippen molar-refractivity contribution in [2.45, 2.75) is 95.4 Å². The summed E-state index contributed by atoms with van der Waals surface area (Å²) in [5, 5.41) is 0. The second-order valence-electron chi connectivity index (χ2n) is 19.3. The minimum absolute atomic E-state index is 0.102. The smallest absolute Gasteiger partial charge is 0.0589 e. The van der Waals surface area contributed by atoms with Crippen LogP contribution in [0.15, 0.2) is 145 Å². The van der Waals surface area contributed by atoms with Crippen molar-refractivity contribution >= 4 is 52.6 Å². The molecule has 0 bridgehead atoms. The molecular formula is C61H58N2. The van der Waals surface area contributed by atoms with Crippen LogP contribution in [0.3, 0.4) is 0 Å². The lowest BCUT2D eigenvalue weighted by Gasteiger charge is -2.43. The molecule has 2 heteroatoms. The van der Waals surface area contributed by atoms with Crippen LogP contribution in [0.25, 0.3) is 41.0 Å². The topological polar surface area (TPSA) is 6.48 Å². The molecule has 2 atom stereocenters. The lowest BCUT2D eigenvalue weighted by atomic mass is 9.68. The summed E-state index contributed by atoms with van der Waals surface area (Å²) in [6, 6.07) is 49.2. The second kappa shape index (κ2) is 15.9. The molecule has 0 amide bonds. The third kappa shape index (κ3) is 6.59. The molecule has 0 saturated heterocycles. The molecule has 2 aliphatic heterocycles. The monoisotopic (exact) mass is 818 g/mol. The van der Waals surface area contributed by atoms with Crippen molar-refractivity contribution in [2.75, 3.05) is 16.3 Å². The largest absolute Gasteiger partial charge is 0.341 e. The summed E-state index contributed by atoms with van der Waals surface area (Å²) in [6.45, 7) is 3.61. The highest BCUT2D eigenvalue weighted by atomic mass is 15.2. The molecule has 2 heterocycles. The molecule has 2 unspecified atom stereocenters. The third-order valence-corrected chi connectivity index (χ3v) is 15.7. The number of benzene rings is 6. The van der Waals surface area contributed by atoms with Gasteiger partial charge in [-0.25, -0.2) is 0 Å². The van der Waals surface area contributed by atoms with Crippen LogP contribution in [0.5, 0.6) is 0 Å². The number of allylic oxidation sites excluding steroid dienone is 2. The highest BCUT2D eigenvalue weighted by Gasteiger charge is 2.50. The number of para-hydroxylation sites is 3. The maximum Gasteiger partial charge on any atom is 0.0589 e. The zero-order valence-electron chi connectivity index (χ0n) is 36.8. The predicted molar refractivity (Wildman–Crippen MR) is 268 cm³/mol. The Hall–Kier alpha value is -6.12. The molecule has 6 aromatic carbocycles. The summed E-state index contributed by atoms with van der Waals surface area (Å²) in [5.74, 6) is 0.365. The van der Waals surface area contributed by atoms with E-state index >= 15 is 0 Å². The fraction of sp³-hybridized carbons (Fsp3) is 0.279. The number of fused-ring (bicyclic) bond motifs is 10. The lowest BCUT2D eigenvalue weighted by molar-refractivity contribution is 0.441. The lowest BCUT2D eigenvalue weighted by Crippen LogP contribution is -2.41.